The third-order valence-electron chi connectivity index (χ3n) is 7.15. The maximum Gasteiger partial charge on any atom is 0.264 e. The molecule has 1 atom stereocenters. The Morgan fingerprint density at radius 1 is 0.837 bits per heavy atom. The molecule has 43 heavy (non-hydrogen) atoms. The molecular weight excluding hydrogens is 565 g/mol. The van der Waals surface area contributed by atoms with Gasteiger partial charge in [-0.25, -0.2) is 12.8 Å². The number of aryl methyl sites for hydroxylation is 1. The van der Waals surface area contributed by atoms with Crippen molar-refractivity contribution in [1.82, 2.24) is 10.2 Å². The number of carbonyl (C=O) groups is 2. The van der Waals surface area contributed by atoms with Crippen LogP contribution in [-0.2, 0) is 32.6 Å². The molecule has 4 aromatic carbocycles. The molecule has 7 nitrogen and oxygen atoms in total. The highest BCUT2D eigenvalue weighted by atomic mass is 32.2. The van der Waals surface area contributed by atoms with Gasteiger partial charge in [0, 0.05) is 19.5 Å². The molecule has 0 aromatic heterocycles. The lowest BCUT2D eigenvalue weighted by atomic mass is 10.0. The maximum atomic E-state index is 15.2. The summed E-state index contributed by atoms with van der Waals surface area (Å²) >= 11 is 0. The van der Waals surface area contributed by atoms with E-state index in [0.717, 1.165) is 27.1 Å². The van der Waals surface area contributed by atoms with Crippen LogP contribution in [0.5, 0.6) is 0 Å². The molecule has 4 rings (SSSR count). The van der Waals surface area contributed by atoms with Crippen molar-refractivity contribution >= 4 is 27.5 Å². The fourth-order valence-electron chi connectivity index (χ4n) is 4.78. The Morgan fingerprint density at radius 3 is 2.09 bits per heavy atom. The fourth-order valence-corrected chi connectivity index (χ4v) is 6.22. The summed E-state index contributed by atoms with van der Waals surface area (Å²) in [6.45, 7) is 3.60. The lowest BCUT2D eigenvalue weighted by molar-refractivity contribution is -0.140. The molecule has 9 heteroatoms. The highest BCUT2D eigenvalue weighted by molar-refractivity contribution is 7.92. The van der Waals surface area contributed by atoms with Crippen LogP contribution in [0, 0.1) is 12.7 Å². The van der Waals surface area contributed by atoms with Gasteiger partial charge in [-0.1, -0.05) is 91.9 Å². The predicted octanol–water partition coefficient (Wildman–Crippen LogP) is 5.50. The molecule has 2 amide bonds. The van der Waals surface area contributed by atoms with Crippen LogP contribution in [0.3, 0.4) is 0 Å². The van der Waals surface area contributed by atoms with Crippen molar-refractivity contribution in [2.75, 3.05) is 17.4 Å². The number of amides is 2. The van der Waals surface area contributed by atoms with Gasteiger partial charge >= 0.3 is 0 Å². The third kappa shape index (κ3) is 7.87. The minimum atomic E-state index is -4.36. The molecule has 0 spiro atoms. The highest BCUT2D eigenvalue weighted by Gasteiger charge is 2.35. The number of nitrogens with one attached hydrogen (secondary N) is 1. The van der Waals surface area contributed by atoms with Crippen LogP contribution in [-0.4, -0.2) is 44.3 Å². The Morgan fingerprint density at radius 2 is 1.44 bits per heavy atom. The van der Waals surface area contributed by atoms with Crippen molar-refractivity contribution < 1.29 is 22.4 Å². The Labute approximate surface area is 253 Å². The Balaban J connectivity index is 1.81. The molecule has 0 fully saturated rings. The van der Waals surface area contributed by atoms with E-state index in [1.54, 1.807) is 18.2 Å². The number of nitrogens with zero attached hydrogens (tertiary/aromatic N) is 2. The van der Waals surface area contributed by atoms with E-state index in [4.69, 9.17) is 0 Å². The summed E-state index contributed by atoms with van der Waals surface area (Å²) in [4.78, 5) is 29.3. The summed E-state index contributed by atoms with van der Waals surface area (Å²) < 4.78 is 43.7. The van der Waals surface area contributed by atoms with E-state index in [0.29, 0.717) is 13.0 Å². The molecule has 1 N–H and O–H groups in total. The van der Waals surface area contributed by atoms with Gasteiger partial charge in [0.05, 0.1) is 10.6 Å². The standard InChI is InChI=1S/C34H36FN3O4S/c1-3-22-36-34(40)32(23-27-15-6-4-7-16-27)37(24-28-17-11-10-14-26(28)2)33(39)25-38(31-21-13-12-20-30(31)35)43(41,42)29-18-8-5-9-19-29/h4-21,32H,3,22-25H2,1-2H3,(H,36,40). The molecular formula is C34H36FN3O4S. The summed E-state index contributed by atoms with van der Waals surface area (Å²) in [5, 5.41) is 2.91. The number of hydrogen-bond donors (Lipinski definition) is 1. The van der Waals surface area contributed by atoms with E-state index in [9.17, 15) is 18.0 Å². The van der Waals surface area contributed by atoms with Crippen LogP contribution in [0.1, 0.15) is 30.0 Å². The van der Waals surface area contributed by atoms with Gasteiger partial charge in [-0.3, -0.25) is 13.9 Å². The number of anilines is 1. The summed E-state index contributed by atoms with van der Waals surface area (Å²) in [5.74, 6) is -1.78. The first-order valence-electron chi connectivity index (χ1n) is 14.2. The van der Waals surface area contributed by atoms with Crippen molar-refractivity contribution in [2.24, 2.45) is 0 Å². The van der Waals surface area contributed by atoms with Crippen LogP contribution >= 0.6 is 0 Å². The van der Waals surface area contributed by atoms with Gasteiger partial charge in [-0.05, 0) is 54.3 Å². The average molecular weight is 602 g/mol. The molecule has 0 heterocycles. The SMILES string of the molecule is CCCNC(=O)C(Cc1ccccc1)N(Cc1ccccc1C)C(=O)CN(c1ccccc1F)S(=O)(=O)c1ccccc1. The van der Waals surface area contributed by atoms with Gasteiger partial charge in [0.25, 0.3) is 10.0 Å². The van der Waals surface area contributed by atoms with Crippen molar-refractivity contribution in [3.05, 3.63) is 132 Å². The molecule has 0 aliphatic heterocycles. The monoisotopic (exact) mass is 601 g/mol. The number of benzene rings is 4. The number of halogens is 1. The minimum absolute atomic E-state index is 0.0546. The molecule has 0 saturated carbocycles. The van der Waals surface area contributed by atoms with Crippen LogP contribution in [0.15, 0.2) is 114 Å². The summed E-state index contributed by atoms with van der Waals surface area (Å²) in [7, 11) is -4.36. The molecule has 4 aromatic rings. The fraction of sp³-hybridized carbons (Fsp3) is 0.235. The highest BCUT2D eigenvalue weighted by Crippen LogP contribution is 2.27. The van der Waals surface area contributed by atoms with E-state index < -0.39 is 34.3 Å². The molecule has 0 bridgehead atoms. The van der Waals surface area contributed by atoms with Gasteiger partial charge in [0.1, 0.15) is 18.4 Å². The number of para-hydroxylation sites is 1. The molecule has 0 aliphatic rings. The van der Waals surface area contributed by atoms with Gasteiger partial charge < -0.3 is 10.2 Å². The van der Waals surface area contributed by atoms with Crippen LogP contribution in [0.2, 0.25) is 0 Å². The molecule has 0 saturated heterocycles. The predicted molar refractivity (Wildman–Crippen MR) is 166 cm³/mol. The van der Waals surface area contributed by atoms with Gasteiger partial charge in [-0.15, -0.1) is 0 Å². The third-order valence-corrected chi connectivity index (χ3v) is 8.93. The van der Waals surface area contributed by atoms with Crippen molar-refractivity contribution in [1.29, 1.82) is 0 Å². The van der Waals surface area contributed by atoms with E-state index >= 15 is 4.39 Å². The molecule has 0 radical (unpaired) electrons. The van der Waals surface area contributed by atoms with E-state index in [-0.39, 0.29) is 29.5 Å². The second-order valence-electron chi connectivity index (χ2n) is 10.2. The van der Waals surface area contributed by atoms with E-state index in [2.05, 4.69) is 5.32 Å². The first-order chi connectivity index (χ1) is 20.7. The number of hydrogen-bond acceptors (Lipinski definition) is 4. The zero-order chi connectivity index (χ0) is 30.8. The van der Waals surface area contributed by atoms with Gasteiger partial charge in [0.2, 0.25) is 11.8 Å². The summed E-state index contributed by atoms with van der Waals surface area (Å²) in [6.07, 6.45) is 0.908. The largest absolute Gasteiger partial charge is 0.354 e. The number of sulfonamides is 1. The van der Waals surface area contributed by atoms with Gasteiger partial charge in [-0.2, -0.15) is 0 Å². The average Bonchev–Trinajstić information content (AvgIpc) is 3.02. The maximum absolute atomic E-state index is 15.2. The lowest BCUT2D eigenvalue weighted by Crippen LogP contribution is -2.53. The zero-order valence-corrected chi connectivity index (χ0v) is 25.1. The molecule has 0 aliphatic carbocycles. The van der Waals surface area contributed by atoms with Crippen LogP contribution < -0.4 is 9.62 Å². The first-order valence-corrected chi connectivity index (χ1v) is 15.6. The lowest BCUT2D eigenvalue weighted by Gasteiger charge is -2.34. The normalized spacial score (nSPS) is 11.9. The van der Waals surface area contributed by atoms with Crippen LogP contribution in [0.25, 0.3) is 0 Å². The molecule has 224 valence electrons. The Hall–Kier alpha value is -4.50. The van der Waals surface area contributed by atoms with Crippen molar-refractivity contribution in [2.45, 2.75) is 44.2 Å². The smallest absolute Gasteiger partial charge is 0.264 e. The summed E-state index contributed by atoms with van der Waals surface area (Å²) in [5.41, 5.74) is 2.30. The van der Waals surface area contributed by atoms with Crippen LogP contribution in [0.4, 0.5) is 10.1 Å². The van der Waals surface area contributed by atoms with E-state index in [1.807, 2.05) is 68.4 Å². The number of carbonyl (C=O) groups excluding carboxylic acids is 2. The zero-order valence-electron chi connectivity index (χ0n) is 24.3. The second-order valence-corrected chi connectivity index (χ2v) is 12.1. The first kappa shape index (κ1) is 31.4. The van der Waals surface area contributed by atoms with Crippen molar-refractivity contribution in [3.8, 4) is 0 Å². The Bertz CT molecular complexity index is 1630. The topological polar surface area (TPSA) is 86.8 Å². The summed E-state index contributed by atoms with van der Waals surface area (Å²) in [6, 6.07) is 28.9. The minimum Gasteiger partial charge on any atom is -0.354 e. The van der Waals surface area contributed by atoms with E-state index in [1.165, 1.54) is 35.2 Å². The molecule has 1 unspecified atom stereocenters. The number of rotatable bonds is 13. The second kappa shape index (κ2) is 14.6. The van der Waals surface area contributed by atoms with Gasteiger partial charge in [0.15, 0.2) is 0 Å². The quantitative estimate of drug-likeness (QED) is 0.219. The Kier molecular flexibility index (Phi) is 10.7. The van der Waals surface area contributed by atoms with Crippen molar-refractivity contribution in [3.63, 3.8) is 0 Å².